The number of H-pyrrole nitrogens is 1. The summed E-state index contributed by atoms with van der Waals surface area (Å²) in [6.45, 7) is 5.46. The van der Waals surface area contributed by atoms with Gasteiger partial charge in [-0.15, -0.1) is 22.7 Å². The second-order valence-corrected chi connectivity index (χ2v) is 8.51. The minimum atomic E-state index is -0.743. The van der Waals surface area contributed by atoms with Crippen LogP contribution in [0.1, 0.15) is 39.0 Å². The Balaban J connectivity index is 1.64. The number of nitrogens with zero attached hydrogens (tertiary/aromatic N) is 1. The van der Waals surface area contributed by atoms with Crippen LogP contribution in [-0.2, 0) is 4.74 Å². The van der Waals surface area contributed by atoms with Crippen molar-refractivity contribution in [1.29, 1.82) is 0 Å². The summed E-state index contributed by atoms with van der Waals surface area (Å²) in [5, 5.41) is 0.958. The summed E-state index contributed by atoms with van der Waals surface area (Å²) in [6, 6.07) is 6.18. The average molecular weight is 402 g/mol. The van der Waals surface area contributed by atoms with Gasteiger partial charge in [-0.3, -0.25) is 4.79 Å². The molecule has 4 rings (SSSR count). The highest BCUT2D eigenvalue weighted by atomic mass is 32.1. The predicted molar refractivity (Wildman–Crippen MR) is 105 cm³/mol. The first-order valence-electron chi connectivity index (χ1n) is 8.24. The zero-order valence-corrected chi connectivity index (χ0v) is 16.4. The highest BCUT2D eigenvalue weighted by Crippen LogP contribution is 2.30. The Morgan fingerprint density at radius 1 is 1.30 bits per heavy atom. The number of aromatic nitrogens is 2. The number of rotatable bonds is 3. The van der Waals surface area contributed by atoms with Gasteiger partial charge in [0.25, 0.3) is 5.56 Å². The molecule has 3 aromatic heterocycles. The molecule has 4 aromatic rings. The molecule has 5 nitrogen and oxygen atoms in total. The predicted octanol–water partition coefficient (Wildman–Crippen LogP) is 4.87. The van der Waals surface area contributed by atoms with Crippen LogP contribution in [0.2, 0.25) is 0 Å². The number of ether oxygens (including phenoxy) is 1. The van der Waals surface area contributed by atoms with Crippen LogP contribution in [0.5, 0.6) is 0 Å². The SMILES string of the molecule is Cc1sc2nc([C@H](C)OC(=O)c3cc4c(F)cccc4s3)[nH]c(=O)c2c1C. The van der Waals surface area contributed by atoms with Crippen LogP contribution >= 0.6 is 22.7 Å². The van der Waals surface area contributed by atoms with E-state index >= 15 is 0 Å². The number of thiophene rings is 2. The number of halogens is 1. The maximum atomic E-state index is 13.8. The molecule has 0 spiro atoms. The van der Waals surface area contributed by atoms with Crippen LogP contribution in [0.25, 0.3) is 20.3 Å². The Kier molecular flexibility index (Phi) is 4.32. The second-order valence-electron chi connectivity index (χ2n) is 6.22. The van der Waals surface area contributed by atoms with Gasteiger partial charge in [-0.1, -0.05) is 6.07 Å². The number of aromatic amines is 1. The van der Waals surface area contributed by atoms with Crippen LogP contribution in [0, 0.1) is 19.7 Å². The molecule has 0 saturated carbocycles. The summed E-state index contributed by atoms with van der Waals surface area (Å²) in [6.07, 6.45) is -0.743. The normalized spacial score (nSPS) is 12.6. The van der Waals surface area contributed by atoms with Crippen LogP contribution in [0.3, 0.4) is 0 Å². The molecule has 8 heteroatoms. The van der Waals surface area contributed by atoms with Gasteiger partial charge < -0.3 is 9.72 Å². The van der Waals surface area contributed by atoms with Gasteiger partial charge in [0, 0.05) is 15.0 Å². The largest absolute Gasteiger partial charge is 0.450 e. The molecule has 0 aliphatic heterocycles. The van der Waals surface area contributed by atoms with Crippen molar-refractivity contribution in [3.8, 4) is 0 Å². The smallest absolute Gasteiger partial charge is 0.349 e. The molecule has 0 bridgehead atoms. The zero-order valence-electron chi connectivity index (χ0n) is 14.8. The van der Waals surface area contributed by atoms with E-state index in [0.29, 0.717) is 25.2 Å². The number of fused-ring (bicyclic) bond motifs is 2. The first kappa shape index (κ1) is 17.8. The third-order valence-corrected chi connectivity index (χ3v) is 6.62. The molecular formula is C19H15FN2O3S2. The van der Waals surface area contributed by atoms with Gasteiger partial charge in [-0.05, 0) is 44.5 Å². The molecule has 3 heterocycles. The monoisotopic (exact) mass is 402 g/mol. The molecule has 27 heavy (non-hydrogen) atoms. The van der Waals surface area contributed by atoms with Crippen molar-refractivity contribution < 1.29 is 13.9 Å². The number of benzene rings is 1. The van der Waals surface area contributed by atoms with Gasteiger partial charge in [0.05, 0.1) is 5.39 Å². The van der Waals surface area contributed by atoms with Crippen molar-refractivity contribution in [3.05, 3.63) is 61.6 Å². The van der Waals surface area contributed by atoms with Crippen LogP contribution in [0.15, 0.2) is 29.1 Å². The maximum Gasteiger partial charge on any atom is 0.349 e. The quantitative estimate of drug-likeness (QED) is 0.496. The van der Waals surface area contributed by atoms with Crippen molar-refractivity contribution in [3.63, 3.8) is 0 Å². The van der Waals surface area contributed by atoms with E-state index in [1.807, 2.05) is 13.8 Å². The van der Waals surface area contributed by atoms with Crippen LogP contribution in [0.4, 0.5) is 4.39 Å². The summed E-state index contributed by atoms with van der Waals surface area (Å²) in [4.78, 5) is 33.9. The maximum absolute atomic E-state index is 13.8. The van der Waals surface area contributed by atoms with Gasteiger partial charge in [-0.25, -0.2) is 14.2 Å². The Labute approximate surface area is 161 Å². The standard InChI is InChI=1S/C19H15FN2O3S2/c1-8-10(3)26-18-15(8)17(23)21-16(22-18)9(2)25-19(24)14-7-11-12(20)5-4-6-13(11)27-14/h4-7,9H,1-3H3,(H,21,22,23)/t9-/m0/s1. The fourth-order valence-corrected chi connectivity index (χ4v) is 4.86. The highest BCUT2D eigenvalue weighted by Gasteiger charge is 2.20. The number of carbonyl (C=O) groups excluding carboxylic acids is 1. The molecule has 0 amide bonds. The lowest BCUT2D eigenvalue weighted by Crippen LogP contribution is -2.16. The van der Waals surface area contributed by atoms with E-state index in [4.69, 9.17) is 4.74 Å². The molecule has 0 aliphatic carbocycles. The lowest BCUT2D eigenvalue weighted by Gasteiger charge is -2.11. The minimum Gasteiger partial charge on any atom is -0.450 e. The molecule has 138 valence electrons. The first-order chi connectivity index (χ1) is 12.8. The summed E-state index contributed by atoms with van der Waals surface area (Å²) in [5.74, 6) is -0.672. The van der Waals surface area contributed by atoms with Crippen LogP contribution in [-0.4, -0.2) is 15.9 Å². The molecule has 1 N–H and O–H groups in total. The number of esters is 1. The molecule has 0 fully saturated rings. The van der Waals surface area contributed by atoms with E-state index in [1.165, 1.54) is 23.5 Å². The number of hydrogen-bond acceptors (Lipinski definition) is 6. The number of carbonyl (C=O) groups is 1. The Bertz CT molecular complexity index is 1260. The minimum absolute atomic E-state index is 0.247. The van der Waals surface area contributed by atoms with E-state index in [9.17, 15) is 14.0 Å². The van der Waals surface area contributed by atoms with Gasteiger partial charge in [0.2, 0.25) is 0 Å². The molecule has 0 aliphatic rings. The van der Waals surface area contributed by atoms with E-state index in [-0.39, 0.29) is 17.2 Å². The zero-order chi connectivity index (χ0) is 19.3. The van der Waals surface area contributed by atoms with E-state index in [0.717, 1.165) is 21.8 Å². The van der Waals surface area contributed by atoms with E-state index in [2.05, 4.69) is 9.97 Å². The summed E-state index contributed by atoms with van der Waals surface area (Å²) in [5.41, 5.74) is 0.663. The lowest BCUT2D eigenvalue weighted by atomic mass is 10.2. The van der Waals surface area contributed by atoms with E-state index in [1.54, 1.807) is 19.1 Å². The topological polar surface area (TPSA) is 72.0 Å². The Morgan fingerprint density at radius 2 is 2.07 bits per heavy atom. The molecule has 0 saturated heterocycles. The fraction of sp³-hybridized carbons (Fsp3) is 0.211. The summed E-state index contributed by atoms with van der Waals surface area (Å²) >= 11 is 2.60. The lowest BCUT2D eigenvalue weighted by molar-refractivity contribution is 0.0326. The van der Waals surface area contributed by atoms with Gasteiger partial charge in [0.15, 0.2) is 11.9 Å². The molecule has 0 radical (unpaired) electrons. The van der Waals surface area contributed by atoms with Gasteiger partial charge >= 0.3 is 5.97 Å². The Morgan fingerprint density at radius 3 is 2.81 bits per heavy atom. The van der Waals surface area contributed by atoms with Crippen molar-refractivity contribution in [2.75, 3.05) is 0 Å². The summed E-state index contributed by atoms with van der Waals surface area (Å²) < 4.78 is 20.0. The van der Waals surface area contributed by atoms with Crippen molar-refractivity contribution in [1.82, 2.24) is 9.97 Å². The van der Waals surface area contributed by atoms with Crippen LogP contribution < -0.4 is 5.56 Å². The molecule has 0 unspecified atom stereocenters. The molecular weight excluding hydrogens is 387 g/mol. The highest BCUT2D eigenvalue weighted by molar-refractivity contribution is 7.20. The van der Waals surface area contributed by atoms with Crippen molar-refractivity contribution in [2.45, 2.75) is 26.9 Å². The van der Waals surface area contributed by atoms with E-state index < -0.39 is 12.1 Å². The average Bonchev–Trinajstić information content (AvgIpc) is 3.18. The first-order valence-corrected chi connectivity index (χ1v) is 9.87. The fourth-order valence-electron chi connectivity index (χ4n) is 2.86. The number of aryl methyl sites for hydroxylation is 2. The third-order valence-electron chi connectivity index (χ3n) is 4.44. The molecule has 1 aromatic carbocycles. The third kappa shape index (κ3) is 3.04. The van der Waals surface area contributed by atoms with Gasteiger partial charge in [0.1, 0.15) is 15.5 Å². The Hall–Kier alpha value is -2.58. The second kappa shape index (κ2) is 6.54. The van der Waals surface area contributed by atoms with Crippen molar-refractivity contribution >= 4 is 48.9 Å². The molecule has 1 atom stereocenters. The number of nitrogens with one attached hydrogen (secondary N) is 1. The number of hydrogen-bond donors (Lipinski definition) is 1. The van der Waals surface area contributed by atoms with Crippen molar-refractivity contribution in [2.24, 2.45) is 0 Å². The summed E-state index contributed by atoms with van der Waals surface area (Å²) in [7, 11) is 0. The van der Waals surface area contributed by atoms with Gasteiger partial charge in [-0.2, -0.15) is 0 Å².